The number of unbranched alkanes of at least 4 members (excludes halogenated alkanes) is 6. The van der Waals surface area contributed by atoms with Crippen LogP contribution in [0.25, 0.3) is 0 Å². The summed E-state index contributed by atoms with van der Waals surface area (Å²) in [6.07, 6.45) is 11.8. The average Bonchev–Trinajstić information content (AvgIpc) is 2.25. The second kappa shape index (κ2) is 10.7. The van der Waals surface area contributed by atoms with Crippen molar-refractivity contribution < 1.29 is 4.92 Å². The molecule has 0 heterocycles. The molecule has 94 valence electrons. The number of hydrogen-bond acceptors (Lipinski definition) is 2. The maximum absolute atomic E-state index is 10.1. The van der Waals surface area contributed by atoms with E-state index in [0.717, 1.165) is 12.0 Å². The Hall–Kier alpha value is -0.860. The van der Waals surface area contributed by atoms with Gasteiger partial charge in [-0.25, -0.2) is 0 Å². The predicted molar refractivity (Wildman–Crippen MR) is 68.2 cm³/mol. The molecule has 0 aliphatic rings. The zero-order valence-corrected chi connectivity index (χ0v) is 10.7. The minimum absolute atomic E-state index is 0.0255. The topological polar surface area (TPSA) is 43.1 Å². The van der Waals surface area contributed by atoms with E-state index in [1.165, 1.54) is 44.9 Å². The highest BCUT2D eigenvalue weighted by molar-refractivity contribution is 4.97. The molecular weight excluding hydrogens is 202 g/mol. The van der Waals surface area contributed by atoms with Gasteiger partial charge < -0.3 is 0 Å². The summed E-state index contributed by atoms with van der Waals surface area (Å²) in [5.74, 6) is 0. The molecule has 0 N–H and O–H groups in total. The molecule has 0 amide bonds. The predicted octanol–water partition coefficient (Wildman–Crippen LogP) is 4.35. The van der Waals surface area contributed by atoms with Crippen molar-refractivity contribution >= 4 is 0 Å². The standard InChI is InChI=1S/C13H25NO2/c1-3-4-5-6-7-8-9-10-13(2)11-12-14(15)16/h11H,3-10,12H2,1-2H3. The zero-order chi connectivity index (χ0) is 12.2. The minimum Gasteiger partial charge on any atom is -0.264 e. The molecule has 0 rings (SSSR count). The highest BCUT2D eigenvalue weighted by atomic mass is 16.6. The third kappa shape index (κ3) is 11.2. The minimum atomic E-state index is -0.283. The van der Waals surface area contributed by atoms with E-state index >= 15 is 0 Å². The first-order valence-corrected chi connectivity index (χ1v) is 6.44. The summed E-state index contributed by atoms with van der Waals surface area (Å²) in [7, 11) is 0. The number of rotatable bonds is 10. The second-order valence-electron chi connectivity index (χ2n) is 4.44. The van der Waals surface area contributed by atoms with Gasteiger partial charge in [-0.3, -0.25) is 10.1 Å². The first-order valence-electron chi connectivity index (χ1n) is 6.44. The number of nitrogens with zero attached hydrogens (tertiary/aromatic N) is 1. The van der Waals surface area contributed by atoms with Gasteiger partial charge in [0.15, 0.2) is 0 Å². The van der Waals surface area contributed by atoms with E-state index in [9.17, 15) is 10.1 Å². The monoisotopic (exact) mass is 227 g/mol. The van der Waals surface area contributed by atoms with Crippen LogP contribution in [0.4, 0.5) is 0 Å². The highest BCUT2D eigenvalue weighted by Crippen LogP contribution is 2.11. The van der Waals surface area contributed by atoms with Gasteiger partial charge in [-0.15, -0.1) is 0 Å². The maximum atomic E-state index is 10.1. The quantitative estimate of drug-likeness (QED) is 0.241. The van der Waals surface area contributed by atoms with Crippen LogP contribution >= 0.6 is 0 Å². The van der Waals surface area contributed by atoms with E-state index in [2.05, 4.69) is 6.92 Å². The van der Waals surface area contributed by atoms with Crippen LogP contribution in [0.15, 0.2) is 11.6 Å². The SMILES string of the molecule is CCCCCCCCCC(C)=CC[N+](=O)[O-]. The molecule has 0 saturated carbocycles. The molecule has 0 spiro atoms. The first kappa shape index (κ1) is 15.1. The van der Waals surface area contributed by atoms with Crippen molar-refractivity contribution in [2.45, 2.75) is 65.2 Å². The Morgan fingerprint density at radius 1 is 1.12 bits per heavy atom. The van der Waals surface area contributed by atoms with Gasteiger partial charge in [0.25, 0.3) is 0 Å². The lowest BCUT2D eigenvalue weighted by molar-refractivity contribution is -0.468. The normalized spacial score (nSPS) is 11.8. The maximum Gasteiger partial charge on any atom is 0.222 e. The van der Waals surface area contributed by atoms with E-state index in [4.69, 9.17) is 0 Å². The van der Waals surface area contributed by atoms with Crippen molar-refractivity contribution in [2.24, 2.45) is 0 Å². The fraction of sp³-hybridized carbons (Fsp3) is 0.846. The molecule has 0 unspecified atom stereocenters. The Balaban J connectivity index is 3.30. The van der Waals surface area contributed by atoms with Gasteiger partial charge in [-0.2, -0.15) is 0 Å². The summed E-state index contributed by atoms with van der Waals surface area (Å²) < 4.78 is 0. The molecule has 0 saturated heterocycles. The van der Waals surface area contributed by atoms with Crippen LogP contribution in [0.1, 0.15) is 65.2 Å². The lowest BCUT2D eigenvalue weighted by Crippen LogP contribution is -1.97. The Morgan fingerprint density at radius 3 is 2.25 bits per heavy atom. The fourth-order valence-corrected chi connectivity index (χ4v) is 1.69. The van der Waals surface area contributed by atoms with Gasteiger partial charge in [0, 0.05) is 4.92 Å². The van der Waals surface area contributed by atoms with Crippen molar-refractivity contribution in [1.82, 2.24) is 0 Å². The van der Waals surface area contributed by atoms with E-state index in [1.54, 1.807) is 6.08 Å². The van der Waals surface area contributed by atoms with Crippen molar-refractivity contribution in [1.29, 1.82) is 0 Å². The number of hydrogen-bond donors (Lipinski definition) is 0. The van der Waals surface area contributed by atoms with Crippen LogP contribution in [0.3, 0.4) is 0 Å². The summed E-state index contributed by atoms with van der Waals surface area (Å²) in [4.78, 5) is 9.86. The smallest absolute Gasteiger partial charge is 0.222 e. The van der Waals surface area contributed by atoms with Crippen LogP contribution in [-0.2, 0) is 0 Å². The van der Waals surface area contributed by atoms with Gasteiger partial charge in [0.1, 0.15) is 0 Å². The van der Waals surface area contributed by atoms with Crippen LogP contribution in [0.2, 0.25) is 0 Å². The first-order chi connectivity index (χ1) is 7.66. The summed E-state index contributed by atoms with van der Waals surface area (Å²) in [5, 5.41) is 10.1. The van der Waals surface area contributed by atoms with Gasteiger partial charge >= 0.3 is 0 Å². The van der Waals surface area contributed by atoms with Gasteiger partial charge in [-0.05, 0) is 25.8 Å². The molecule has 0 radical (unpaired) electrons. The second-order valence-corrected chi connectivity index (χ2v) is 4.44. The van der Waals surface area contributed by atoms with Crippen molar-refractivity contribution in [3.63, 3.8) is 0 Å². The van der Waals surface area contributed by atoms with E-state index < -0.39 is 0 Å². The molecule has 16 heavy (non-hydrogen) atoms. The zero-order valence-electron chi connectivity index (χ0n) is 10.7. The fourth-order valence-electron chi connectivity index (χ4n) is 1.69. The lowest BCUT2D eigenvalue weighted by Gasteiger charge is -2.01. The Bertz CT molecular complexity index is 212. The lowest BCUT2D eigenvalue weighted by atomic mass is 10.1. The van der Waals surface area contributed by atoms with E-state index in [0.29, 0.717) is 0 Å². The van der Waals surface area contributed by atoms with Crippen molar-refractivity contribution in [2.75, 3.05) is 6.54 Å². The number of nitro groups is 1. The largest absolute Gasteiger partial charge is 0.264 e. The van der Waals surface area contributed by atoms with Crippen LogP contribution in [0.5, 0.6) is 0 Å². The van der Waals surface area contributed by atoms with Gasteiger partial charge in [0.05, 0.1) is 0 Å². The van der Waals surface area contributed by atoms with Crippen molar-refractivity contribution in [3.05, 3.63) is 21.8 Å². The van der Waals surface area contributed by atoms with Gasteiger partial charge in [0.2, 0.25) is 6.54 Å². The Kier molecular flexibility index (Phi) is 10.1. The molecule has 0 aliphatic heterocycles. The molecular formula is C13H25NO2. The number of allylic oxidation sites excluding steroid dienone is 1. The third-order valence-corrected chi connectivity index (χ3v) is 2.76. The van der Waals surface area contributed by atoms with Gasteiger partial charge in [-0.1, -0.05) is 51.0 Å². The average molecular weight is 227 g/mol. The van der Waals surface area contributed by atoms with Crippen LogP contribution < -0.4 is 0 Å². The summed E-state index contributed by atoms with van der Waals surface area (Å²) >= 11 is 0. The summed E-state index contributed by atoms with van der Waals surface area (Å²) in [6.45, 7) is 4.19. The molecule has 0 aromatic rings. The molecule has 3 nitrogen and oxygen atoms in total. The third-order valence-electron chi connectivity index (χ3n) is 2.76. The highest BCUT2D eigenvalue weighted by Gasteiger charge is 1.95. The molecule has 3 heteroatoms. The Morgan fingerprint density at radius 2 is 1.69 bits per heavy atom. The molecule has 0 bridgehead atoms. The van der Waals surface area contributed by atoms with Crippen LogP contribution in [-0.4, -0.2) is 11.5 Å². The van der Waals surface area contributed by atoms with Crippen molar-refractivity contribution in [3.8, 4) is 0 Å². The molecule has 0 aromatic carbocycles. The van der Waals surface area contributed by atoms with Crippen LogP contribution in [0, 0.1) is 10.1 Å². The Labute approximate surface area is 99.1 Å². The van der Waals surface area contributed by atoms with E-state index in [-0.39, 0.29) is 11.5 Å². The molecule has 0 fully saturated rings. The molecule has 0 aromatic heterocycles. The summed E-state index contributed by atoms with van der Waals surface area (Å²) in [6, 6.07) is 0. The summed E-state index contributed by atoms with van der Waals surface area (Å²) in [5.41, 5.74) is 1.16. The molecule has 0 atom stereocenters. The molecule has 0 aliphatic carbocycles. The van der Waals surface area contributed by atoms with E-state index in [1.807, 2.05) is 6.92 Å².